The number of carbonyl (C=O) groups excluding carboxylic acids is 1. The number of hydrogen-bond acceptors (Lipinski definition) is 3. The number of rotatable bonds is 8. The lowest BCUT2D eigenvalue weighted by molar-refractivity contribution is -0.139. The smallest absolute Gasteiger partial charge is 0.303 e. The van der Waals surface area contributed by atoms with Crippen LogP contribution in [-0.2, 0) is 9.59 Å². The van der Waals surface area contributed by atoms with E-state index >= 15 is 0 Å². The van der Waals surface area contributed by atoms with E-state index in [1.165, 1.54) is 0 Å². The lowest BCUT2D eigenvalue weighted by Gasteiger charge is -2.21. The predicted molar refractivity (Wildman–Crippen MR) is 86.6 cm³/mol. The van der Waals surface area contributed by atoms with Gasteiger partial charge in [-0.05, 0) is 17.5 Å². The van der Waals surface area contributed by atoms with Crippen LogP contribution < -0.4 is 5.32 Å². The molecule has 0 aliphatic heterocycles. The van der Waals surface area contributed by atoms with Crippen molar-refractivity contribution in [3.8, 4) is 0 Å². The number of thioether (sulfide) groups is 1. The first-order valence-electron chi connectivity index (χ1n) is 6.68. The Morgan fingerprint density at radius 1 is 1.33 bits per heavy atom. The summed E-state index contributed by atoms with van der Waals surface area (Å²) in [7, 11) is 0. The Kier molecular flexibility index (Phi) is 6.49. The molecule has 0 spiro atoms. The van der Waals surface area contributed by atoms with Gasteiger partial charge < -0.3 is 10.4 Å². The monoisotopic (exact) mass is 307 g/mol. The van der Waals surface area contributed by atoms with Gasteiger partial charge >= 0.3 is 5.97 Å². The van der Waals surface area contributed by atoms with Crippen molar-refractivity contribution in [2.75, 3.05) is 11.1 Å². The van der Waals surface area contributed by atoms with Crippen LogP contribution in [0.25, 0.3) is 0 Å². The highest BCUT2D eigenvalue weighted by Crippen LogP contribution is 2.29. The zero-order valence-corrected chi connectivity index (χ0v) is 13.2. The summed E-state index contributed by atoms with van der Waals surface area (Å²) in [5.74, 6) is -0.306. The van der Waals surface area contributed by atoms with Gasteiger partial charge in [0.15, 0.2) is 0 Å². The van der Waals surface area contributed by atoms with E-state index in [0.717, 1.165) is 16.3 Å². The van der Waals surface area contributed by atoms with Gasteiger partial charge in [-0.2, -0.15) is 0 Å². The van der Waals surface area contributed by atoms with E-state index in [2.05, 4.69) is 11.9 Å². The third-order valence-electron chi connectivity index (χ3n) is 2.79. The van der Waals surface area contributed by atoms with Crippen LogP contribution in [0.4, 0.5) is 5.69 Å². The summed E-state index contributed by atoms with van der Waals surface area (Å²) in [4.78, 5) is 23.9. The zero-order valence-electron chi connectivity index (χ0n) is 12.4. The number of amides is 1. The molecule has 0 saturated carbocycles. The van der Waals surface area contributed by atoms with Crippen LogP contribution in [0.2, 0.25) is 0 Å². The molecule has 0 radical (unpaired) electrons. The molecule has 0 aliphatic carbocycles. The lowest BCUT2D eigenvalue weighted by atomic mass is 9.85. The Morgan fingerprint density at radius 3 is 2.62 bits per heavy atom. The summed E-state index contributed by atoms with van der Waals surface area (Å²) in [6.07, 6.45) is 1.94. The highest BCUT2D eigenvalue weighted by molar-refractivity contribution is 7.99. The van der Waals surface area contributed by atoms with E-state index in [4.69, 9.17) is 5.11 Å². The molecule has 21 heavy (non-hydrogen) atoms. The quantitative estimate of drug-likeness (QED) is 0.566. The molecular formula is C16H21NO3S. The fraction of sp³-hybridized carbons (Fsp3) is 0.375. The summed E-state index contributed by atoms with van der Waals surface area (Å²) in [5.41, 5.74) is 0.180. The van der Waals surface area contributed by atoms with Crippen LogP contribution in [0, 0.1) is 5.41 Å². The molecule has 0 bridgehead atoms. The molecule has 1 aromatic carbocycles. The number of nitrogens with one attached hydrogen (secondary N) is 1. The molecule has 1 rings (SSSR count). The van der Waals surface area contributed by atoms with E-state index in [9.17, 15) is 9.59 Å². The summed E-state index contributed by atoms with van der Waals surface area (Å²) in [6, 6.07) is 7.55. The molecule has 0 saturated heterocycles. The maximum absolute atomic E-state index is 12.1. The van der Waals surface area contributed by atoms with Crippen molar-refractivity contribution in [3.63, 3.8) is 0 Å². The van der Waals surface area contributed by atoms with E-state index in [1.54, 1.807) is 31.7 Å². The number of hydrogen-bond donors (Lipinski definition) is 2. The van der Waals surface area contributed by atoms with Crippen LogP contribution in [0.1, 0.15) is 26.7 Å². The van der Waals surface area contributed by atoms with Gasteiger partial charge in [-0.15, -0.1) is 18.3 Å². The van der Waals surface area contributed by atoms with Crippen LogP contribution in [0.3, 0.4) is 0 Å². The van der Waals surface area contributed by atoms with Gasteiger partial charge in [0.25, 0.3) is 0 Å². The van der Waals surface area contributed by atoms with Crippen LogP contribution in [-0.4, -0.2) is 22.7 Å². The van der Waals surface area contributed by atoms with Crippen molar-refractivity contribution < 1.29 is 14.7 Å². The molecule has 2 N–H and O–H groups in total. The molecule has 0 fully saturated rings. The molecule has 0 unspecified atom stereocenters. The van der Waals surface area contributed by atoms with Crippen molar-refractivity contribution in [1.29, 1.82) is 0 Å². The van der Waals surface area contributed by atoms with Crippen LogP contribution >= 0.6 is 11.8 Å². The van der Waals surface area contributed by atoms with Gasteiger partial charge in [-0.3, -0.25) is 9.59 Å². The second-order valence-corrected chi connectivity index (χ2v) is 6.62. The summed E-state index contributed by atoms with van der Waals surface area (Å²) < 4.78 is 0. The third-order valence-corrected chi connectivity index (χ3v) is 3.86. The molecule has 4 nitrogen and oxygen atoms in total. The minimum absolute atomic E-state index is 0.0344. The minimum atomic E-state index is -0.894. The number of aliphatic carboxylic acids is 1. The molecule has 0 aliphatic rings. The minimum Gasteiger partial charge on any atom is -0.481 e. The molecule has 114 valence electrons. The second kappa shape index (κ2) is 7.88. The number of para-hydroxylation sites is 1. The number of anilines is 1. The summed E-state index contributed by atoms with van der Waals surface area (Å²) >= 11 is 1.59. The average molecular weight is 307 g/mol. The Labute approximate surface area is 129 Å². The van der Waals surface area contributed by atoms with Crippen molar-refractivity contribution >= 4 is 29.3 Å². The molecule has 1 aromatic rings. The Balaban J connectivity index is 2.70. The highest BCUT2D eigenvalue weighted by Gasteiger charge is 2.25. The maximum Gasteiger partial charge on any atom is 0.303 e. The van der Waals surface area contributed by atoms with Gasteiger partial charge in [0.2, 0.25) is 5.91 Å². The average Bonchev–Trinajstić information content (AvgIpc) is 2.35. The first-order valence-corrected chi connectivity index (χ1v) is 7.67. The van der Waals surface area contributed by atoms with Gasteiger partial charge in [0.1, 0.15) is 0 Å². The van der Waals surface area contributed by atoms with Crippen LogP contribution in [0.5, 0.6) is 0 Å². The van der Waals surface area contributed by atoms with Crippen molar-refractivity contribution in [1.82, 2.24) is 0 Å². The van der Waals surface area contributed by atoms with E-state index in [1.807, 2.05) is 24.3 Å². The SMILES string of the molecule is C=CCSc1ccccc1NC(=O)CC(C)(C)CC(=O)O. The van der Waals surface area contributed by atoms with Gasteiger partial charge in [0, 0.05) is 17.1 Å². The largest absolute Gasteiger partial charge is 0.481 e. The molecule has 0 atom stereocenters. The van der Waals surface area contributed by atoms with Crippen LogP contribution in [0.15, 0.2) is 41.8 Å². The number of carboxylic acids is 1. The lowest BCUT2D eigenvalue weighted by Crippen LogP contribution is -2.25. The molecule has 0 heterocycles. The zero-order chi connectivity index (χ0) is 15.9. The molecule has 0 aromatic heterocycles. The highest BCUT2D eigenvalue weighted by atomic mass is 32.2. The summed E-state index contributed by atoms with van der Waals surface area (Å²) in [5, 5.41) is 11.7. The molecule has 5 heteroatoms. The van der Waals surface area contributed by atoms with Gasteiger partial charge in [-0.25, -0.2) is 0 Å². The van der Waals surface area contributed by atoms with Crippen molar-refractivity contribution in [2.45, 2.75) is 31.6 Å². The fourth-order valence-corrected chi connectivity index (χ4v) is 2.69. The summed E-state index contributed by atoms with van der Waals surface area (Å²) in [6.45, 7) is 7.23. The normalized spacial score (nSPS) is 11.0. The number of carbonyl (C=O) groups is 2. The number of carboxylic acid groups (broad SMARTS) is 1. The second-order valence-electron chi connectivity index (χ2n) is 5.56. The Bertz CT molecular complexity index is 526. The Morgan fingerprint density at radius 2 is 2.00 bits per heavy atom. The topological polar surface area (TPSA) is 66.4 Å². The fourth-order valence-electron chi connectivity index (χ4n) is 1.95. The third kappa shape index (κ3) is 6.49. The van der Waals surface area contributed by atoms with E-state index in [0.29, 0.717) is 0 Å². The van der Waals surface area contributed by atoms with E-state index in [-0.39, 0.29) is 18.7 Å². The first-order chi connectivity index (χ1) is 9.84. The first kappa shape index (κ1) is 17.3. The van der Waals surface area contributed by atoms with Gasteiger partial charge in [0.05, 0.1) is 12.1 Å². The molecular weight excluding hydrogens is 286 g/mol. The number of benzene rings is 1. The van der Waals surface area contributed by atoms with Gasteiger partial charge in [-0.1, -0.05) is 32.1 Å². The Hall–Kier alpha value is -1.75. The van der Waals surface area contributed by atoms with Crippen molar-refractivity contribution in [3.05, 3.63) is 36.9 Å². The maximum atomic E-state index is 12.1. The standard InChI is InChI=1S/C16H21NO3S/c1-4-9-21-13-8-6-5-7-12(13)17-14(18)10-16(2,3)11-15(19)20/h4-8H,1,9-11H2,2-3H3,(H,17,18)(H,19,20). The predicted octanol–water partition coefficient (Wildman–Crippen LogP) is 3.79. The molecule has 1 amide bonds. The van der Waals surface area contributed by atoms with Crippen molar-refractivity contribution in [2.24, 2.45) is 5.41 Å². The van der Waals surface area contributed by atoms with E-state index < -0.39 is 11.4 Å².